The third kappa shape index (κ3) is 9.56. The molecule has 1 atom stereocenters. The van der Waals surface area contributed by atoms with Crippen molar-refractivity contribution in [3.63, 3.8) is 0 Å². The quantitative estimate of drug-likeness (QED) is 0.158. The van der Waals surface area contributed by atoms with E-state index in [1.54, 1.807) is 32.1 Å². The Morgan fingerprint density at radius 3 is 2.32 bits per heavy atom. The summed E-state index contributed by atoms with van der Waals surface area (Å²) in [6, 6.07) is 23.2. The number of carbonyl (C=O) groups excluding carboxylic acids is 3. The number of amides is 2. The number of likely N-dealkylation sites (tertiary alicyclic amines) is 1. The number of ether oxygens (including phenoxy) is 3. The fourth-order valence-corrected chi connectivity index (χ4v) is 6.78. The Labute approximate surface area is 280 Å². The number of hydrogen-bond donors (Lipinski definition) is 2. The van der Waals surface area contributed by atoms with Crippen LogP contribution < -0.4 is 15.4 Å². The highest BCUT2D eigenvalue weighted by Gasteiger charge is 2.27. The van der Waals surface area contributed by atoms with E-state index in [-0.39, 0.29) is 6.42 Å². The summed E-state index contributed by atoms with van der Waals surface area (Å²) in [4.78, 5) is 41.1. The fourth-order valence-electron chi connectivity index (χ4n) is 5.56. The number of carbonyl (C=O) groups is 3. The molecule has 9 nitrogen and oxygen atoms in total. The van der Waals surface area contributed by atoms with Gasteiger partial charge in [0.1, 0.15) is 24.0 Å². The average molecular weight is 658 g/mol. The Morgan fingerprint density at radius 2 is 1.64 bits per heavy atom. The number of thiophene rings is 1. The van der Waals surface area contributed by atoms with E-state index in [0.29, 0.717) is 12.3 Å². The van der Waals surface area contributed by atoms with Gasteiger partial charge in [0, 0.05) is 21.8 Å². The Balaban J connectivity index is 1.28. The van der Waals surface area contributed by atoms with Crippen molar-refractivity contribution >= 4 is 45.1 Å². The number of methoxy groups -OCH3 is 1. The van der Waals surface area contributed by atoms with Gasteiger partial charge in [-0.25, -0.2) is 4.79 Å². The lowest BCUT2D eigenvalue weighted by molar-refractivity contribution is -0.142. The number of benzene rings is 3. The first-order valence-electron chi connectivity index (χ1n) is 16.0. The minimum Gasteiger partial charge on any atom is -0.492 e. The average Bonchev–Trinajstić information content (AvgIpc) is 3.69. The first-order chi connectivity index (χ1) is 22.6. The molecule has 0 radical (unpaired) electrons. The number of fused-ring (bicyclic) bond motifs is 1. The number of nitrogens with one attached hydrogen (secondary N) is 2. The zero-order valence-electron chi connectivity index (χ0n) is 27.5. The number of alkyl carbamates (subject to hydrolysis) is 1. The van der Waals surface area contributed by atoms with Crippen LogP contribution in [0.2, 0.25) is 0 Å². The summed E-state index contributed by atoms with van der Waals surface area (Å²) in [6.45, 7) is 9.14. The van der Waals surface area contributed by atoms with Gasteiger partial charge in [0.05, 0.1) is 13.5 Å². The van der Waals surface area contributed by atoms with Crippen LogP contribution in [0.15, 0.2) is 72.8 Å². The Morgan fingerprint density at radius 1 is 0.936 bits per heavy atom. The summed E-state index contributed by atoms with van der Waals surface area (Å²) in [5.41, 5.74) is 3.23. The first kappa shape index (κ1) is 33.9. The highest BCUT2D eigenvalue weighted by molar-refractivity contribution is 7.22. The molecular weight excluding hydrogens is 614 g/mol. The van der Waals surface area contributed by atoms with Gasteiger partial charge < -0.3 is 24.8 Å². The predicted molar refractivity (Wildman–Crippen MR) is 186 cm³/mol. The first-order valence-corrected chi connectivity index (χ1v) is 16.8. The molecule has 1 unspecified atom stereocenters. The Kier molecular flexibility index (Phi) is 11.2. The largest absolute Gasteiger partial charge is 0.492 e. The Hall–Kier alpha value is -4.41. The van der Waals surface area contributed by atoms with Crippen molar-refractivity contribution < 1.29 is 28.6 Å². The molecule has 5 rings (SSSR count). The molecular formula is C37H43N3O6S. The van der Waals surface area contributed by atoms with Crippen LogP contribution in [0.1, 0.15) is 51.2 Å². The predicted octanol–water partition coefficient (Wildman–Crippen LogP) is 7.03. The molecule has 248 valence electrons. The number of rotatable bonds is 12. The second-order valence-corrected chi connectivity index (χ2v) is 13.7. The molecule has 0 saturated carbocycles. The van der Waals surface area contributed by atoms with Gasteiger partial charge in [0.2, 0.25) is 5.91 Å². The van der Waals surface area contributed by atoms with Crippen molar-refractivity contribution in [2.75, 3.05) is 38.7 Å². The highest BCUT2D eigenvalue weighted by atomic mass is 32.1. The lowest BCUT2D eigenvalue weighted by Gasteiger charge is -2.23. The summed E-state index contributed by atoms with van der Waals surface area (Å²) in [6.07, 6.45) is 2.19. The van der Waals surface area contributed by atoms with E-state index in [4.69, 9.17) is 14.2 Å². The molecule has 2 heterocycles. The molecule has 0 bridgehead atoms. The van der Waals surface area contributed by atoms with Gasteiger partial charge in [0.25, 0.3) is 0 Å². The summed E-state index contributed by atoms with van der Waals surface area (Å²) in [7, 11) is 1.23. The maximum absolute atomic E-state index is 13.1. The molecule has 4 aromatic rings. The molecule has 1 saturated heterocycles. The van der Waals surface area contributed by atoms with E-state index >= 15 is 0 Å². The fraction of sp³-hybridized carbons (Fsp3) is 0.378. The van der Waals surface area contributed by atoms with Gasteiger partial charge in [-0.3, -0.25) is 14.5 Å². The van der Waals surface area contributed by atoms with Gasteiger partial charge in [-0.2, -0.15) is 0 Å². The molecule has 0 spiro atoms. The molecule has 2 N–H and O–H groups in total. The van der Waals surface area contributed by atoms with E-state index in [1.807, 2.05) is 24.3 Å². The van der Waals surface area contributed by atoms with Crippen LogP contribution in [0.25, 0.3) is 20.5 Å². The standard InChI is InChI=1S/C37H43N3O6S/c1-37(2,3)46-36(43)39-31(24-33(41)44-4)35(42)38-27-15-13-26(14-16-27)34-30(29-9-5-6-10-32(29)47-34)23-25-11-17-28(18-12-25)45-22-21-40-19-7-8-20-40/h5-6,9-18,31H,7-8,19-24H2,1-4H3,(H,38,42)(H,39,43). The number of hydrogen-bond acceptors (Lipinski definition) is 8. The molecule has 1 aliphatic rings. The Bertz CT molecular complexity index is 1670. The molecule has 47 heavy (non-hydrogen) atoms. The smallest absolute Gasteiger partial charge is 0.408 e. The molecule has 1 fully saturated rings. The minimum atomic E-state index is -1.17. The third-order valence-corrected chi connectivity index (χ3v) is 9.16. The minimum absolute atomic E-state index is 0.337. The third-order valence-electron chi connectivity index (χ3n) is 7.90. The highest BCUT2D eigenvalue weighted by Crippen LogP contribution is 2.40. The maximum atomic E-state index is 13.1. The molecule has 1 aromatic heterocycles. The van der Waals surface area contributed by atoms with Crippen molar-refractivity contribution in [1.82, 2.24) is 10.2 Å². The van der Waals surface area contributed by atoms with E-state index in [0.717, 1.165) is 29.2 Å². The summed E-state index contributed by atoms with van der Waals surface area (Å²) < 4.78 is 17.2. The maximum Gasteiger partial charge on any atom is 0.408 e. The van der Waals surface area contributed by atoms with Crippen molar-refractivity contribution in [3.8, 4) is 16.2 Å². The molecule has 10 heteroatoms. The summed E-state index contributed by atoms with van der Waals surface area (Å²) in [5, 5.41) is 6.51. The molecule has 3 aromatic carbocycles. The van der Waals surface area contributed by atoms with Crippen LogP contribution in [0.3, 0.4) is 0 Å². The van der Waals surface area contributed by atoms with Gasteiger partial charge >= 0.3 is 12.1 Å². The van der Waals surface area contributed by atoms with Crippen molar-refractivity contribution in [1.29, 1.82) is 0 Å². The van der Waals surface area contributed by atoms with E-state index in [9.17, 15) is 14.4 Å². The van der Waals surface area contributed by atoms with Crippen molar-refractivity contribution in [3.05, 3.63) is 83.9 Å². The lowest BCUT2D eigenvalue weighted by atomic mass is 9.99. The van der Waals surface area contributed by atoms with Gasteiger partial charge in [-0.1, -0.05) is 42.5 Å². The second kappa shape index (κ2) is 15.5. The zero-order chi connectivity index (χ0) is 33.4. The molecule has 1 aliphatic heterocycles. The van der Waals surface area contributed by atoms with Crippen LogP contribution in [-0.4, -0.2) is 67.9 Å². The van der Waals surface area contributed by atoms with Crippen molar-refractivity contribution in [2.24, 2.45) is 0 Å². The second-order valence-electron chi connectivity index (χ2n) is 12.7. The van der Waals surface area contributed by atoms with Crippen LogP contribution in [0, 0.1) is 0 Å². The van der Waals surface area contributed by atoms with Gasteiger partial charge in [-0.05, 0) is 106 Å². The SMILES string of the molecule is COC(=O)CC(NC(=O)OC(C)(C)C)C(=O)Nc1ccc(-c2sc3ccccc3c2Cc2ccc(OCCN3CCCC3)cc2)cc1. The van der Waals surface area contributed by atoms with Crippen LogP contribution >= 0.6 is 11.3 Å². The summed E-state index contributed by atoms with van der Waals surface area (Å²) >= 11 is 1.74. The van der Waals surface area contributed by atoms with E-state index in [2.05, 4.69) is 64.1 Å². The van der Waals surface area contributed by atoms with E-state index in [1.165, 1.54) is 54.3 Å². The monoisotopic (exact) mass is 657 g/mol. The molecule has 2 amide bonds. The normalized spacial score (nSPS) is 14.0. The number of nitrogens with zero attached hydrogens (tertiary/aromatic N) is 1. The van der Waals surface area contributed by atoms with Crippen LogP contribution in [0.4, 0.5) is 10.5 Å². The number of esters is 1. The van der Waals surface area contributed by atoms with Gasteiger partial charge in [0.15, 0.2) is 0 Å². The van der Waals surface area contributed by atoms with Crippen LogP contribution in [0.5, 0.6) is 5.75 Å². The summed E-state index contributed by atoms with van der Waals surface area (Å²) in [5.74, 6) is -0.301. The van der Waals surface area contributed by atoms with E-state index < -0.39 is 29.6 Å². The molecule has 0 aliphatic carbocycles. The topological polar surface area (TPSA) is 106 Å². The zero-order valence-corrected chi connectivity index (χ0v) is 28.3. The lowest BCUT2D eigenvalue weighted by Crippen LogP contribution is -2.47. The van der Waals surface area contributed by atoms with Gasteiger partial charge in [-0.15, -0.1) is 11.3 Å². The van der Waals surface area contributed by atoms with Crippen molar-refractivity contribution in [2.45, 2.75) is 58.1 Å². The number of anilines is 1. The van der Waals surface area contributed by atoms with Crippen LogP contribution in [-0.2, 0) is 25.5 Å².